The number of nitrogens with one attached hydrogen (secondary N) is 1. The first-order valence-corrected chi connectivity index (χ1v) is 11.0. The van der Waals surface area contributed by atoms with Gasteiger partial charge in [0.25, 0.3) is 5.91 Å². The predicted molar refractivity (Wildman–Crippen MR) is 120 cm³/mol. The van der Waals surface area contributed by atoms with Crippen molar-refractivity contribution in [2.24, 2.45) is 11.8 Å². The second-order valence-corrected chi connectivity index (χ2v) is 8.75. The smallest absolute Gasteiger partial charge is 0.257 e. The molecular weight excluding hydrogens is 360 g/mol. The number of amides is 1. The molecule has 3 heterocycles. The molecule has 1 aromatic carbocycles. The highest BCUT2D eigenvalue weighted by Gasteiger charge is 2.18. The van der Waals surface area contributed by atoms with Gasteiger partial charge in [-0.2, -0.15) is 0 Å². The lowest BCUT2D eigenvalue weighted by Gasteiger charge is -2.32. The van der Waals surface area contributed by atoms with Crippen LogP contribution < -0.4 is 15.1 Å². The fourth-order valence-corrected chi connectivity index (χ4v) is 4.17. The number of pyridine rings is 1. The summed E-state index contributed by atoms with van der Waals surface area (Å²) in [6.45, 7) is 8.94. The van der Waals surface area contributed by atoms with Gasteiger partial charge in [0.15, 0.2) is 0 Å². The average molecular weight is 393 g/mol. The van der Waals surface area contributed by atoms with Crippen LogP contribution in [0.2, 0.25) is 0 Å². The molecule has 154 valence electrons. The molecule has 29 heavy (non-hydrogen) atoms. The second-order valence-electron chi connectivity index (χ2n) is 8.75. The van der Waals surface area contributed by atoms with Crippen molar-refractivity contribution in [3.05, 3.63) is 48.2 Å². The van der Waals surface area contributed by atoms with Crippen LogP contribution in [0.3, 0.4) is 0 Å². The maximum Gasteiger partial charge on any atom is 0.257 e. The van der Waals surface area contributed by atoms with E-state index < -0.39 is 0 Å². The summed E-state index contributed by atoms with van der Waals surface area (Å²) >= 11 is 0. The Labute approximate surface area is 174 Å². The summed E-state index contributed by atoms with van der Waals surface area (Å²) in [6, 6.07) is 12.0. The molecule has 2 aromatic rings. The summed E-state index contributed by atoms with van der Waals surface area (Å²) in [5, 5.41) is 2.99. The van der Waals surface area contributed by atoms with Crippen LogP contribution in [0.4, 0.5) is 17.2 Å². The Hall–Kier alpha value is -2.56. The van der Waals surface area contributed by atoms with Crippen LogP contribution in [0, 0.1) is 11.8 Å². The molecule has 5 heteroatoms. The predicted octanol–water partition coefficient (Wildman–Crippen LogP) is 4.81. The van der Waals surface area contributed by atoms with Crippen LogP contribution >= 0.6 is 0 Å². The standard InChI is InChI=1S/C24H32N4O/c1-18-9-13-27(14-10-18)22-6-4-21(5-7-22)26-24(29)20-3-8-23(25-17-20)28-15-11-19(2)12-16-28/h3-8,17-19H,9-16H2,1-2H3,(H,26,29). The highest BCUT2D eigenvalue weighted by atomic mass is 16.1. The zero-order valence-corrected chi connectivity index (χ0v) is 17.6. The molecule has 0 radical (unpaired) electrons. The van der Waals surface area contributed by atoms with Gasteiger partial charge >= 0.3 is 0 Å². The quantitative estimate of drug-likeness (QED) is 0.811. The Morgan fingerprint density at radius 1 is 0.862 bits per heavy atom. The van der Waals surface area contributed by atoms with Gasteiger partial charge in [-0.05, 0) is 73.9 Å². The molecule has 2 aliphatic rings. The fourth-order valence-electron chi connectivity index (χ4n) is 4.17. The molecule has 0 unspecified atom stereocenters. The lowest BCUT2D eigenvalue weighted by molar-refractivity contribution is 0.102. The summed E-state index contributed by atoms with van der Waals surface area (Å²) in [4.78, 5) is 21.9. The molecule has 0 saturated carbocycles. The van der Waals surface area contributed by atoms with Crippen LogP contribution in [-0.4, -0.2) is 37.1 Å². The van der Waals surface area contributed by atoms with Gasteiger partial charge in [-0.25, -0.2) is 4.98 Å². The van der Waals surface area contributed by atoms with E-state index in [1.807, 2.05) is 24.3 Å². The highest BCUT2D eigenvalue weighted by Crippen LogP contribution is 2.25. The molecular formula is C24H32N4O. The number of benzene rings is 1. The first-order valence-electron chi connectivity index (χ1n) is 11.0. The molecule has 0 bridgehead atoms. The highest BCUT2D eigenvalue weighted by molar-refractivity contribution is 6.04. The van der Waals surface area contributed by atoms with Crippen molar-refractivity contribution in [3.63, 3.8) is 0 Å². The zero-order valence-electron chi connectivity index (χ0n) is 17.6. The molecule has 2 saturated heterocycles. The summed E-state index contributed by atoms with van der Waals surface area (Å²) in [7, 11) is 0. The minimum absolute atomic E-state index is 0.115. The maximum atomic E-state index is 12.6. The van der Waals surface area contributed by atoms with Crippen LogP contribution in [0.15, 0.2) is 42.6 Å². The largest absolute Gasteiger partial charge is 0.372 e. The number of piperidine rings is 2. The Kier molecular flexibility index (Phi) is 6.02. The first-order chi connectivity index (χ1) is 14.1. The van der Waals surface area contributed by atoms with Gasteiger partial charge in [0.1, 0.15) is 5.82 Å². The molecule has 0 atom stereocenters. The number of carbonyl (C=O) groups excluding carboxylic acids is 1. The Bertz CT molecular complexity index is 802. The van der Waals surface area contributed by atoms with Crippen molar-refractivity contribution < 1.29 is 4.79 Å². The lowest BCUT2D eigenvalue weighted by atomic mass is 9.99. The SMILES string of the molecule is CC1CCN(c2ccc(NC(=O)c3ccc(N4CCC(C)CC4)nc3)cc2)CC1. The van der Waals surface area contributed by atoms with E-state index in [0.29, 0.717) is 5.56 Å². The van der Waals surface area contributed by atoms with Gasteiger partial charge in [0.2, 0.25) is 0 Å². The Morgan fingerprint density at radius 2 is 1.45 bits per heavy atom. The van der Waals surface area contributed by atoms with Gasteiger partial charge < -0.3 is 15.1 Å². The summed E-state index contributed by atoms with van der Waals surface area (Å²) in [6.07, 6.45) is 6.59. The van der Waals surface area contributed by atoms with Gasteiger partial charge in [0, 0.05) is 43.8 Å². The maximum absolute atomic E-state index is 12.6. The molecule has 5 nitrogen and oxygen atoms in total. The van der Waals surface area contributed by atoms with Crippen molar-refractivity contribution in [2.45, 2.75) is 39.5 Å². The number of rotatable bonds is 4. The number of aromatic nitrogens is 1. The number of anilines is 3. The summed E-state index contributed by atoms with van der Waals surface area (Å²) < 4.78 is 0. The monoisotopic (exact) mass is 392 g/mol. The van der Waals surface area contributed by atoms with Crippen LogP contribution in [0.25, 0.3) is 0 Å². The van der Waals surface area contributed by atoms with Crippen LogP contribution in [-0.2, 0) is 0 Å². The minimum Gasteiger partial charge on any atom is -0.372 e. The Morgan fingerprint density at radius 3 is 2.00 bits per heavy atom. The number of hydrogen-bond acceptors (Lipinski definition) is 4. The van der Waals surface area contributed by atoms with Crippen molar-refractivity contribution in [2.75, 3.05) is 41.3 Å². The molecule has 1 amide bonds. The Balaban J connectivity index is 1.34. The zero-order chi connectivity index (χ0) is 20.2. The van der Waals surface area contributed by atoms with E-state index in [1.165, 1.54) is 31.4 Å². The van der Waals surface area contributed by atoms with E-state index >= 15 is 0 Å². The molecule has 4 rings (SSSR count). The number of nitrogens with zero attached hydrogens (tertiary/aromatic N) is 3. The average Bonchev–Trinajstić information content (AvgIpc) is 2.76. The van der Waals surface area contributed by atoms with Gasteiger partial charge in [-0.1, -0.05) is 13.8 Å². The van der Waals surface area contributed by atoms with E-state index in [4.69, 9.17) is 0 Å². The van der Waals surface area contributed by atoms with Crippen LogP contribution in [0.1, 0.15) is 49.9 Å². The van der Waals surface area contributed by atoms with Crippen LogP contribution in [0.5, 0.6) is 0 Å². The molecule has 2 aliphatic heterocycles. The molecule has 0 aliphatic carbocycles. The van der Waals surface area contributed by atoms with E-state index in [2.05, 4.69) is 46.1 Å². The summed E-state index contributed by atoms with van der Waals surface area (Å²) in [5.74, 6) is 2.47. The van der Waals surface area contributed by atoms with Crippen molar-refractivity contribution in [1.82, 2.24) is 4.98 Å². The third kappa shape index (κ3) is 4.89. The van der Waals surface area contributed by atoms with E-state index in [1.54, 1.807) is 6.20 Å². The summed E-state index contributed by atoms with van der Waals surface area (Å²) in [5.41, 5.74) is 2.64. The van der Waals surface area contributed by atoms with Crippen molar-refractivity contribution in [3.8, 4) is 0 Å². The third-order valence-electron chi connectivity index (χ3n) is 6.39. The van der Waals surface area contributed by atoms with E-state index in [9.17, 15) is 4.79 Å². The fraction of sp³-hybridized carbons (Fsp3) is 0.500. The third-order valence-corrected chi connectivity index (χ3v) is 6.39. The molecule has 2 fully saturated rings. The number of carbonyl (C=O) groups is 1. The molecule has 0 spiro atoms. The topological polar surface area (TPSA) is 48.5 Å². The van der Waals surface area contributed by atoms with E-state index in [-0.39, 0.29) is 5.91 Å². The van der Waals surface area contributed by atoms with Crippen molar-refractivity contribution >= 4 is 23.1 Å². The van der Waals surface area contributed by atoms with Gasteiger partial charge in [-0.3, -0.25) is 4.79 Å². The van der Waals surface area contributed by atoms with Gasteiger partial charge in [-0.15, -0.1) is 0 Å². The normalized spacial score (nSPS) is 18.7. The lowest BCUT2D eigenvalue weighted by Crippen LogP contribution is -2.33. The molecule has 1 aromatic heterocycles. The molecule has 1 N–H and O–H groups in total. The minimum atomic E-state index is -0.115. The van der Waals surface area contributed by atoms with E-state index in [0.717, 1.165) is 49.5 Å². The second kappa shape index (κ2) is 8.85. The van der Waals surface area contributed by atoms with Gasteiger partial charge in [0.05, 0.1) is 5.56 Å². The van der Waals surface area contributed by atoms with Crippen molar-refractivity contribution in [1.29, 1.82) is 0 Å². The number of hydrogen-bond donors (Lipinski definition) is 1. The first kappa shape index (κ1) is 19.7.